The number of urea groups is 1. The minimum Gasteiger partial charge on any atom is -0.497 e. The van der Waals surface area contributed by atoms with Crippen LogP contribution in [0.5, 0.6) is 5.75 Å². The predicted molar refractivity (Wildman–Crippen MR) is 154 cm³/mol. The van der Waals surface area contributed by atoms with Crippen LogP contribution in [0.25, 0.3) is 0 Å². The summed E-state index contributed by atoms with van der Waals surface area (Å²) in [4.78, 5) is 57.2. The highest BCUT2D eigenvalue weighted by molar-refractivity contribution is 6.30. The van der Waals surface area contributed by atoms with E-state index in [4.69, 9.17) is 4.74 Å². The van der Waals surface area contributed by atoms with Crippen molar-refractivity contribution in [1.82, 2.24) is 14.8 Å². The fourth-order valence-electron chi connectivity index (χ4n) is 6.74. The number of carbonyl (C=O) groups excluding carboxylic acids is 3. The highest BCUT2D eigenvalue weighted by atomic mass is 16.5. The topological polar surface area (TPSA) is 101 Å². The van der Waals surface area contributed by atoms with Gasteiger partial charge in [-0.2, -0.15) is 0 Å². The van der Waals surface area contributed by atoms with Crippen LogP contribution in [-0.2, 0) is 29.0 Å². The molecule has 212 valence electrons. The van der Waals surface area contributed by atoms with Crippen molar-refractivity contribution in [2.45, 2.75) is 38.6 Å². The number of amides is 4. The third-order valence-electron chi connectivity index (χ3n) is 8.79. The molecule has 3 atom stereocenters. The molecule has 0 unspecified atom stereocenters. The van der Waals surface area contributed by atoms with Gasteiger partial charge < -0.3 is 14.2 Å². The minimum absolute atomic E-state index is 0.00621. The molecule has 2 saturated heterocycles. The number of hydrogen-bond acceptors (Lipinski definition) is 6. The summed E-state index contributed by atoms with van der Waals surface area (Å²) in [7, 11) is 1.58. The number of piperidine rings is 1. The molecule has 6 rings (SSSR count). The van der Waals surface area contributed by atoms with Gasteiger partial charge >= 0.3 is 6.03 Å². The van der Waals surface area contributed by atoms with Crippen LogP contribution in [0.4, 0.5) is 10.5 Å². The Balaban J connectivity index is 1.37. The summed E-state index contributed by atoms with van der Waals surface area (Å²) in [6.07, 6.45) is 1.91. The number of barbiturate groups is 1. The molecule has 3 aromatic rings. The van der Waals surface area contributed by atoms with Crippen LogP contribution in [0.3, 0.4) is 0 Å². The van der Waals surface area contributed by atoms with Crippen molar-refractivity contribution in [3.63, 3.8) is 0 Å². The Hall–Kier alpha value is -4.24. The smallest absolute Gasteiger partial charge is 0.335 e. The van der Waals surface area contributed by atoms with Crippen LogP contribution in [0.15, 0.2) is 71.5 Å². The predicted octanol–water partition coefficient (Wildman–Crippen LogP) is 3.35. The van der Waals surface area contributed by atoms with Gasteiger partial charge in [-0.1, -0.05) is 37.3 Å². The first-order valence-corrected chi connectivity index (χ1v) is 14.1. The summed E-state index contributed by atoms with van der Waals surface area (Å²) in [6.45, 7) is 4.08. The van der Waals surface area contributed by atoms with Gasteiger partial charge in [-0.05, 0) is 66.6 Å². The van der Waals surface area contributed by atoms with Gasteiger partial charge in [-0.3, -0.25) is 19.7 Å². The van der Waals surface area contributed by atoms with Crippen LogP contribution in [0, 0.1) is 11.3 Å². The lowest BCUT2D eigenvalue weighted by Gasteiger charge is -2.47. The molecule has 2 bridgehead atoms. The van der Waals surface area contributed by atoms with E-state index in [9.17, 15) is 19.2 Å². The number of nitrogens with zero attached hydrogens (tertiary/aromatic N) is 3. The van der Waals surface area contributed by atoms with E-state index >= 15 is 0 Å². The van der Waals surface area contributed by atoms with Gasteiger partial charge in [-0.25, -0.2) is 9.69 Å². The minimum atomic E-state index is -1.53. The zero-order valence-corrected chi connectivity index (χ0v) is 23.3. The summed E-state index contributed by atoms with van der Waals surface area (Å²) in [5.41, 5.74) is 1.77. The fourth-order valence-corrected chi connectivity index (χ4v) is 6.74. The van der Waals surface area contributed by atoms with Crippen LogP contribution in [-0.4, -0.2) is 54.1 Å². The van der Waals surface area contributed by atoms with Crippen LogP contribution in [0.1, 0.15) is 36.1 Å². The second-order valence-electron chi connectivity index (χ2n) is 11.4. The van der Waals surface area contributed by atoms with Crippen molar-refractivity contribution in [3.05, 3.63) is 93.9 Å². The quantitative estimate of drug-likeness (QED) is 0.450. The number of methoxy groups -OCH3 is 1. The van der Waals surface area contributed by atoms with Crippen molar-refractivity contribution < 1.29 is 19.1 Å². The second kappa shape index (κ2) is 10.6. The van der Waals surface area contributed by atoms with Crippen molar-refractivity contribution >= 4 is 23.5 Å². The number of hydrogen-bond donors (Lipinski definition) is 1. The molecule has 4 amide bonds. The number of carbonyl (C=O) groups is 3. The Kier molecular flexibility index (Phi) is 6.99. The largest absolute Gasteiger partial charge is 0.497 e. The van der Waals surface area contributed by atoms with Gasteiger partial charge in [0, 0.05) is 43.9 Å². The van der Waals surface area contributed by atoms with Gasteiger partial charge in [-0.15, -0.1) is 0 Å². The highest BCUT2D eigenvalue weighted by Crippen LogP contribution is 2.39. The second-order valence-corrected chi connectivity index (χ2v) is 11.4. The maximum Gasteiger partial charge on any atom is 0.335 e. The molecule has 2 aromatic carbocycles. The first kappa shape index (κ1) is 27.0. The van der Waals surface area contributed by atoms with E-state index in [1.54, 1.807) is 43.5 Å². The molecule has 1 N–H and O–H groups in total. The molecule has 9 nitrogen and oxygen atoms in total. The maximum atomic E-state index is 14.5. The number of pyridine rings is 1. The van der Waals surface area contributed by atoms with Crippen molar-refractivity contribution in [2.75, 3.05) is 31.6 Å². The standard InChI is InChI=1S/C32H34N4O5/c1-3-21-7-11-25(12-8-21)36-30(39)32(29(38)33-31(36)40,16-22-9-13-26(41-2)14-10-22)20-34-17-23-15-24(19-34)27-5-4-6-28(37)35(27)18-23/h4-14,23-24H,3,15-20H2,1-2H3,(H,33,38,40)/t23-,24+,32-/m1/s1. The van der Waals surface area contributed by atoms with E-state index in [1.807, 2.05) is 41.8 Å². The lowest BCUT2D eigenvalue weighted by atomic mass is 9.75. The fraction of sp³-hybridized carbons (Fsp3) is 0.375. The molecule has 1 aromatic heterocycles. The normalized spacial score (nSPS) is 24.1. The summed E-state index contributed by atoms with van der Waals surface area (Å²) < 4.78 is 7.17. The van der Waals surface area contributed by atoms with Crippen LogP contribution >= 0.6 is 0 Å². The first-order chi connectivity index (χ1) is 19.8. The number of ether oxygens (including phenoxy) is 1. The first-order valence-electron chi connectivity index (χ1n) is 14.1. The van der Waals surface area contributed by atoms with Crippen molar-refractivity contribution in [3.8, 4) is 5.75 Å². The molecule has 0 saturated carbocycles. The Labute approximate surface area is 238 Å². The van der Waals surface area contributed by atoms with Crippen LogP contribution < -0.4 is 20.5 Å². The molecule has 0 spiro atoms. The van der Waals surface area contributed by atoms with E-state index in [0.29, 0.717) is 31.1 Å². The molecule has 9 heteroatoms. The third-order valence-corrected chi connectivity index (χ3v) is 8.79. The molecule has 0 aliphatic carbocycles. The summed E-state index contributed by atoms with van der Waals surface area (Å²) in [6, 6.07) is 19.3. The molecule has 41 heavy (non-hydrogen) atoms. The summed E-state index contributed by atoms with van der Waals surface area (Å²) in [5, 5.41) is 2.51. The Morgan fingerprint density at radius 1 is 0.902 bits per heavy atom. The molecular weight excluding hydrogens is 520 g/mol. The number of nitrogens with one attached hydrogen (secondary N) is 1. The molecule has 2 fully saturated rings. The highest BCUT2D eigenvalue weighted by Gasteiger charge is 2.55. The van der Waals surface area contributed by atoms with Gasteiger partial charge in [0.25, 0.3) is 11.5 Å². The molecule has 4 heterocycles. The number of imide groups is 2. The van der Waals surface area contributed by atoms with Gasteiger partial charge in [0.1, 0.15) is 11.2 Å². The van der Waals surface area contributed by atoms with E-state index in [0.717, 1.165) is 34.6 Å². The number of anilines is 1. The zero-order valence-electron chi connectivity index (χ0n) is 23.3. The summed E-state index contributed by atoms with van der Waals surface area (Å²) >= 11 is 0. The van der Waals surface area contributed by atoms with E-state index < -0.39 is 23.3 Å². The zero-order chi connectivity index (χ0) is 28.7. The van der Waals surface area contributed by atoms with Gasteiger partial charge in [0.15, 0.2) is 0 Å². The maximum absolute atomic E-state index is 14.5. The molecular formula is C32H34N4O5. The number of benzene rings is 2. The Morgan fingerprint density at radius 3 is 2.34 bits per heavy atom. The van der Waals surface area contributed by atoms with Crippen molar-refractivity contribution in [2.24, 2.45) is 11.3 Å². The Bertz CT molecular complexity index is 1550. The van der Waals surface area contributed by atoms with Crippen LogP contribution in [0.2, 0.25) is 0 Å². The lowest BCUT2D eigenvalue weighted by Crippen LogP contribution is -2.68. The van der Waals surface area contributed by atoms with Gasteiger partial charge in [0.2, 0.25) is 5.91 Å². The lowest BCUT2D eigenvalue weighted by molar-refractivity contribution is -0.144. The average Bonchev–Trinajstić information content (AvgIpc) is 2.97. The average molecular weight is 555 g/mol. The van der Waals surface area contributed by atoms with E-state index in [-0.39, 0.29) is 30.4 Å². The Morgan fingerprint density at radius 2 is 1.63 bits per heavy atom. The van der Waals surface area contributed by atoms with Crippen molar-refractivity contribution in [1.29, 1.82) is 0 Å². The summed E-state index contributed by atoms with van der Waals surface area (Å²) in [5.74, 6) is -0.0976. The van der Waals surface area contributed by atoms with E-state index in [2.05, 4.69) is 10.2 Å². The number of likely N-dealkylation sites (tertiary alicyclic amines) is 1. The molecule has 3 aliphatic heterocycles. The third kappa shape index (κ3) is 4.84. The number of aromatic nitrogens is 1. The SMILES string of the molecule is CCc1ccc(N2C(=O)NC(=O)[C@@](Cc3ccc(OC)cc3)(CN3C[C@H]4C[C@@H](C3)c3cccc(=O)n3C4)C2=O)cc1. The number of fused-ring (bicyclic) bond motifs is 4. The monoisotopic (exact) mass is 554 g/mol. The molecule has 3 aliphatic rings. The van der Waals surface area contributed by atoms with E-state index in [1.165, 1.54) is 0 Å². The molecule has 0 radical (unpaired) electrons. The number of rotatable bonds is 7. The number of aryl methyl sites for hydroxylation is 1. The van der Waals surface area contributed by atoms with Gasteiger partial charge in [0.05, 0.1) is 12.8 Å².